The van der Waals surface area contributed by atoms with Crippen LogP contribution in [0.3, 0.4) is 0 Å². The molecule has 1 aromatic rings. The Kier molecular flexibility index (Phi) is 7.10. The minimum absolute atomic E-state index is 0.175. The average molecular weight is 392 g/mol. The molecule has 1 aliphatic rings. The van der Waals surface area contributed by atoms with Crippen LogP contribution < -0.4 is 4.74 Å². The van der Waals surface area contributed by atoms with Crippen LogP contribution in [0.2, 0.25) is 0 Å². The summed E-state index contributed by atoms with van der Waals surface area (Å²) in [6.45, 7) is 8.99. The van der Waals surface area contributed by atoms with Crippen molar-refractivity contribution in [3.63, 3.8) is 0 Å². The van der Waals surface area contributed by atoms with E-state index in [1.54, 1.807) is 13.8 Å². The van der Waals surface area contributed by atoms with E-state index >= 15 is 0 Å². The standard InChI is InChI=1S/C22H32O6/c1-6-26-20(25)22(5,14-23)13-17-9-8-16-11-15(7-10-18(16)27-17)12-19(24)28-21(2,3)4/h7,10-11,17,23H,6,8-9,12-14H2,1-5H3/t17-,22+/m1/s1. The Bertz CT molecular complexity index is 705. The van der Waals surface area contributed by atoms with Crippen molar-refractivity contribution in [3.05, 3.63) is 29.3 Å². The molecule has 0 fully saturated rings. The lowest BCUT2D eigenvalue weighted by atomic mass is 9.83. The highest BCUT2D eigenvalue weighted by atomic mass is 16.6. The van der Waals surface area contributed by atoms with Gasteiger partial charge in [0.05, 0.1) is 25.0 Å². The van der Waals surface area contributed by atoms with Crippen LogP contribution in [-0.4, -0.2) is 42.0 Å². The van der Waals surface area contributed by atoms with E-state index in [1.807, 2.05) is 39.0 Å². The smallest absolute Gasteiger partial charge is 0.314 e. The monoisotopic (exact) mass is 392 g/mol. The Morgan fingerprint density at radius 2 is 1.96 bits per heavy atom. The van der Waals surface area contributed by atoms with Gasteiger partial charge in [0.15, 0.2) is 0 Å². The van der Waals surface area contributed by atoms with Crippen LogP contribution in [0.4, 0.5) is 0 Å². The highest BCUT2D eigenvalue weighted by Gasteiger charge is 2.38. The Hall–Kier alpha value is -2.08. The van der Waals surface area contributed by atoms with Crippen LogP contribution in [-0.2, 0) is 31.9 Å². The molecular formula is C22H32O6. The molecule has 1 aromatic carbocycles. The molecule has 1 aliphatic heterocycles. The number of hydrogen-bond donors (Lipinski definition) is 1. The van der Waals surface area contributed by atoms with E-state index in [0.29, 0.717) is 6.42 Å². The highest BCUT2D eigenvalue weighted by Crippen LogP contribution is 2.34. The van der Waals surface area contributed by atoms with Crippen molar-refractivity contribution in [2.45, 2.75) is 72.0 Å². The van der Waals surface area contributed by atoms with Crippen molar-refractivity contribution in [1.82, 2.24) is 0 Å². The quantitative estimate of drug-likeness (QED) is 0.718. The Morgan fingerprint density at radius 3 is 2.57 bits per heavy atom. The van der Waals surface area contributed by atoms with Crippen molar-refractivity contribution in [2.75, 3.05) is 13.2 Å². The number of aliphatic hydroxyl groups is 1. The fourth-order valence-electron chi connectivity index (χ4n) is 3.32. The average Bonchev–Trinajstić information content (AvgIpc) is 2.60. The minimum Gasteiger partial charge on any atom is -0.490 e. The summed E-state index contributed by atoms with van der Waals surface area (Å²) in [6, 6.07) is 5.70. The van der Waals surface area contributed by atoms with E-state index in [1.165, 1.54) is 0 Å². The molecule has 156 valence electrons. The summed E-state index contributed by atoms with van der Waals surface area (Å²) >= 11 is 0. The van der Waals surface area contributed by atoms with Gasteiger partial charge in [0.1, 0.15) is 17.5 Å². The van der Waals surface area contributed by atoms with Crippen LogP contribution >= 0.6 is 0 Å². The molecule has 0 amide bonds. The summed E-state index contributed by atoms with van der Waals surface area (Å²) in [6.07, 6.45) is 1.95. The zero-order valence-electron chi connectivity index (χ0n) is 17.5. The molecule has 0 unspecified atom stereocenters. The molecule has 28 heavy (non-hydrogen) atoms. The second-order valence-corrected chi connectivity index (χ2v) is 8.63. The number of fused-ring (bicyclic) bond motifs is 1. The first-order chi connectivity index (χ1) is 13.1. The van der Waals surface area contributed by atoms with Crippen molar-refractivity contribution in [3.8, 4) is 5.75 Å². The first-order valence-electron chi connectivity index (χ1n) is 9.84. The van der Waals surface area contributed by atoms with Gasteiger partial charge >= 0.3 is 11.9 Å². The molecule has 0 radical (unpaired) electrons. The molecule has 0 aromatic heterocycles. The molecular weight excluding hydrogens is 360 g/mol. The topological polar surface area (TPSA) is 82.1 Å². The normalized spacial score (nSPS) is 18.4. The third-order valence-corrected chi connectivity index (χ3v) is 4.72. The summed E-state index contributed by atoms with van der Waals surface area (Å²) in [5.41, 5.74) is 0.454. The van der Waals surface area contributed by atoms with Gasteiger partial charge in [-0.1, -0.05) is 12.1 Å². The number of aliphatic hydroxyl groups excluding tert-OH is 1. The molecule has 1 heterocycles. The molecule has 0 aliphatic carbocycles. The molecule has 2 rings (SSSR count). The number of ether oxygens (including phenoxy) is 3. The molecule has 2 atom stereocenters. The summed E-state index contributed by atoms with van der Waals surface area (Å²) in [5.74, 6) is 0.100. The van der Waals surface area contributed by atoms with E-state index in [2.05, 4.69) is 0 Å². The molecule has 0 bridgehead atoms. The van der Waals surface area contributed by atoms with Gasteiger partial charge in [-0.25, -0.2) is 0 Å². The van der Waals surface area contributed by atoms with Gasteiger partial charge in [0.25, 0.3) is 0 Å². The Morgan fingerprint density at radius 1 is 1.25 bits per heavy atom. The summed E-state index contributed by atoms with van der Waals surface area (Å²) in [4.78, 5) is 24.2. The molecule has 1 N–H and O–H groups in total. The second-order valence-electron chi connectivity index (χ2n) is 8.63. The largest absolute Gasteiger partial charge is 0.490 e. The number of rotatable bonds is 7. The van der Waals surface area contributed by atoms with E-state index in [9.17, 15) is 14.7 Å². The predicted molar refractivity (Wildman–Crippen MR) is 105 cm³/mol. The lowest BCUT2D eigenvalue weighted by Gasteiger charge is -2.33. The third kappa shape index (κ3) is 5.96. The molecule has 0 spiro atoms. The van der Waals surface area contributed by atoms with Gasteiger partial charge in [-0.2, -0.15) is 0 Å². The highest BCUT2D eigenvalue weighted by molar-refractivity contribution is 5.76. The van der Waals surface area contributed by atoms with E-state index in [4.69, 9.17) is 14.2 Å². The summed E-state index contributed by atoms with van der Waals surface area (Å²) in [5, 5.41) is 9.71. The summed E-state index contributed by atoms with van der Waals surface area (Å²) < 4.78 is 16.5. The van der Waals surface area contributed by atoms with Crippen LogP contribution in [0.25, 0.3) is 0 Å². The maximum atomic E-state index is 12.2. The number of aryl methyl sites for hydroxylation is 1. The number of carbonyl (C=O) groups excluding carboxylic acids is 2. The molecule has 0 saturated heterocycles. The van der Waals surface area contributed by atoms with Crippen molar-refractivity contribution < 1.29 is 28.9 Å². The predicted octanol–water partition coefficient (Wildman–Crippen LogP) is 3.22. The van der Waals surface area contributed by atoms with E-state index in [-0.39, 0.29) is 31.7 Å². The minimum atomic E-state index is -0.977. The first kappa shape index (κ1) is 22.2. The first-order valence-corrected chi connectivity index (χ1v) is 9.84. The van der Waals surface area contributed by atoms with Gasteiger partial charge in [0.2, 0.25) is 0 Å². The van der Waals surface area contributed by atoms with Gasteiger partial charge in [-0.05, 0) is 64.7 Å². The van der Waals surface area contributed by atoms with Crippen LogP contribution in [0.5, 0.6) is 5.75 Å². The van der Waals surface area contributed by atoms with Gasteiger partial charge < -0.3 is 19.3 Å². The lowest BCUT2D eigenvalue weighted by molar-refractivity contribution is -0.159. The zero-order chi connectivity index (χ0) is 20.9. The third-order valence-electron chi connectivity index (χ3n) is 4.72. The lowest BCUT2D eigenvalue weighted by Crippen LogP contribution is -2.39. The van der Waals surface area contributed by atoms with Crippen molar-refractivity contribution in [1.29, 1.82) is 0 Å². The maximum Gasteiger partial charge on any atom is 0.314 e. The summed E-state index contributed by atoms with van der Waals surface area (Å²) in [7, 11) is 0. The number of benzene rings is 1. The Labute approximate surface area is 167 Å². The van der Waals surface area contributed by atoms with E-state index < -0.39 is 17.0 Å². The van der Waals surface area contributed by atoms with Crippen molar-refractivity contribution in [2.24, 2.45) is 5.41 Å². The SMILES string of the molecule is CCOC(=O)[C@](C)(CO)C[C@H]1CCc2cc(CC(=O)OC(C)(C)C)ccc2O1. The molecule has 0 saturated carbocycles. The second kappa shape index (κ2) is 8.95. The fourth-order valence-corrected chi connectivity index (χ4v) is 3.32. The van der Waals surface area contributed by atoms with E-state index in [0.717, 1.165) is 29.7 Å². The van der Waals surface area contributed by atoms with Crippen LogP contribution in [0, 0.1) is 5.41 Å². The van der Waals surface area contributed by atoms with Gasteiger partial charge in [-0.3, -0.25) is 9.59 Å². The number of carbonyl (C=O) groups is 2. The molecule has 6 heteroatoms. The van der Waals surface area contributed by atoms with Crippen molar-refractivity contribution >= 4 is 11.9 Å². The Balaban J connectivity index is 2.02. The fraction of sp³-hybridized carbons (Fsp3) is 0.636. The van der Waals surface area contributed by atoms with Gasteiger partial charge in [0, 0.05) is 6.42 Å². The van der Waals surface area contributed by atoms with Crippen LogP contribution in [0.1, 0.15) is 58.6 Å². The maximum absolute atomic E-state index is 12.2. The zero-order valence-corrected chi connectivity index (χ0v) is 17.5. The number of hydrogen-bond acceptors (Lipinski definition) is 6. The van der Waals surface area contributed by atoms with Gasteiger partial charge in [-0.15, -0.1) is 0 Å². The van der Waals surface area contributed by atoms with Crippen LogP contribution in [0.15, 0.2) is 18.2 Å². The number of esters is 2. The molecule has 6 nitrogen and oxygen atoms in total.